The van der Waals surface area contributed by atoms with Gasteiger partial charge < -0.3 is 5.73 Å². The lowest BCUT2D eigenvalue weighted by Crippen LogP contribution is -1.81. The highest BCUT2D eigenvalue weighted by Gasteiger charge is 2.12. The molecule has 0 atom stereocenters. The third-order valence-corrected chi connectivity index (χ3v) is 5.21. The molecule has 2 aromatic rings. The summed E-state index contributed by atoms with van der Waals surface area (Å²) in [4.78, 5) is 1.58. The van der Waals surface area contributed by atoms with Crippen molar-refractivity contribution >= 4 is 60.2 Å². The molecule has 0 aliphatic carbocycles. The summed E-state index contributed by atoms with van der Waals surface area (Å²) < 4.78 is 2.09. The van der Waals surface area contributed by atoms with Crippen LogP contribution in [0.1, 0.15) is 4.88 Å². The van der Waals surface area contributed by atoms with Crippen molar-refractivity contribution in [3.63, 3.8) is 0 Å². The molecule has 15 heavy (non-hydrogen) atoms. The summed E-state index contributed by atoms with van der Waals surface area (Å²) in [5.41, 5.74) is 7.33. The van der Waals surface area contributed by atoms with E-state index in [-0.39, 0.29) is 0 Å². The van der Waals surface area contributed by atoms with Crippen molar-refractivity contribution in [3.8, 4) is 16.5 Å². The van der Waals surface area contributed by atoms with Crippen molar-refractivity contribution in [1.29, 1.82) is 5.26 Å². The third-order valence-electron chi connectivity index (χ3n) is 1.78. The maximum Gasteiger partial charge on any atom is 0.128 e. The number of hydrogen-bond acceptors (Lipinski definition) is 4. The lowest BCUT2D eigenvalue weighted by atomic mass is 10.2. The molecule has 0 aliphatic heterocycles. The van der Waals surface area contributed by atoms with Gasteiger partial charge in [0.25, 0.3) is 0 Å². The van der Waals surface area contributed by atoms with Gasteiger partial charge in [0.1, 0.15) is 10.9 Å². The van der Waals surface area contributed by atoms with Crippen LogP contribution in [0.5, 0.6) is 0 Å². The molecular weight excluding hydrogens is 360 g/mol. The summed E-state index contributed by atoms with van der Waals surface area (Å²) in [6.07, 6.45) is 0. The minimum atomic E-state index is 0.548. The molecule has 2 nitrogen and oxygen atoms in total. The fourth-order valence-corrected chi connectivity index (χ4v) is 5.07. The van der Waals surface area contributed by atoms with E-state index in [1.807, 2.05) is 12.1 Å². The van der Waals surface area contributed by atoms with Gasteiger partial charge in [-0.25, -0.2) is 0 Å². The van der Waals surface area contributed by atoms with Crippen molar-refractivity contribution in [2.24, 2.45) is 0 Å². The second-order valence-corrected chi connectivity index (χ2v) is 7.55. The maximum absolute atomic E-state index is 8.82. The highest BCUT2D eigenvalue weighted by molar-refractivity contribution is 9.12. The Bertz CT molecular complexity index is 551. The fourth-order valence-electron chi connectivity index (χ4n) is 1.13. The van der Waals surface area contributed by atoms with Crippen LogP contribution in [-0.2, 0) is 0 Å². The number of thiophene rings is 2. The zero-order valence-electron chi connectivity index (χ0n) is 7.25. The second-order valence-electron chi connectivity index (χ2n) is 2.74. The fraction of sp³-hybridized carbons (Fsp3) is 0. The predicted octanol–water partition coefficient (Wildman–Crippen LogP) is 4.46. The van der Waals surface area contributed by atoms with Gasteiger partial charge >= 0.3 is 0 Å². The quantitative estimate of drug-likeness (QED) is 0.813. The normalized spacial score (nSPS) is 10.2. The van der Waals surface area contributed by atoms with Gasteiger partial charge in [0.15, 0.2) is 0 Å². The van der Waals surface area contributed by atoms with Crippen LogP contribution in [0.25, 0.3) is 10.4 Å². The van der Waals surface area contributed by atoms with Crippen LogP contribution in [-0.4, -0.2) is 0 Å². The Morgan fingerprint density at radius 3 is 2.47 bits per heavy atom. The molecule has 0 aromatic carbocycles. The molecule has 0 saturated carbocycles. The Kier molecular flexibility index (Phi) is 3.16. The lowest BCUT2D eigenvalue weighted by Gasteiger charge is -1.90. The van der Waals surface area contributed by atoms with E-state index in [9.17, 15) is 0 Å². The zero-order valence-corrected chi connectivity index (χ0v) is 12.1. The van der Waals surface area contributed by atoms with Gasteiger partial charge in [-0.15, -0.1) is 22.7 Å². The van der Waals surface area contributed by atoms with E-state index >= 15 is 0 Å². The van der Waals surface area contributed by atoms with Crippen LogP contribution >= 0.6 is 54.5 Å². The van der Waals surface area contributed by atoms with E-state index in [2.05, 4.69) is 37.9 Å². The Morgan fingerprint density at radius 1 is 1.27 bits per heavy atom. The molecule has 0 fully saturated rings. The van der Waals surface area contributed by atoms with Crippen molar-refractivity contribution in [2.45, 2.75) is 0 Å². The number of nitriles is 1. The first-order valence-electron chi connectivity index (χ1n) is 3.86. The van der Waals surface area contributed by atoms with E-state index in [0.29, 0.717) is 10.6 Å². The number of hydrogen-bond donors (Lipinski definition) is 1. The Morgan fingerprint density at radius 2 is 2.00 bits per heavy atom. The average molecular weight is 364 g/mol. The zero-order chi connectivity index (χ0) is 11.0. The maximum atomic E-state index is 8.82. The first-order chi connectivity index (χ1) is 7.11. The minimum absolute atomic E-state index is 0.548. The van der Waals surface area contributed by atoms with Crippen LogP contribution < -0.4 is 5.73 Å². The molecule has 0 amide bonds. The molecule has 0 bridgehead atoms. The number of nitrogen functional groups attached to an aromatic ring is 1. The van der Waals surface area contributed by atoms with E-state index in [1.165, 1.54) is 11.3 Å². The first-order valence-corrected chi connectivity index (χ1v) is 7.08. The molecule has 2 N–H and O–H groups in total. The molecule has 0 saturated heterocycles. The molecule has 6 heteroatoms. The molecule has 2 aromatic heterocycles. The van der Waals surface area contributed by atoms with E-state index in [1.54, 1.807) is 11.3 Å². The van der Waals surface area contributed by atoms with Gasteiger partial charge in [-0.1, -0.05) is 0 Å². The highest BCUT2D eigenvalue weighted by atomic mass is 79.9. The van der Waals surface area contributed by atoms with Crippen LogP contribution in [0, 0.1) is 11.3 Å². The minimum Gasteiger partial charge on any atom is -0.397 e. The van der Waals surface area contributed by atoms with Crippen molar-refractivity contribution in [3.05, 3.63) is 24.6 Å². The Hall–Kier alpha value is -0.350. The van der Waals surface area contributed by atoms with Gasteiger partial charge in [-0.3, -0.25) is 0 Å². The monoisotopic (exact) mass is 362 g/mol. The topological polar surface area (TPSA) is 49.8 Å². The summed E-state index contributed by atoms with van der Waals surface area (Å²) in [6.45, 7) is 0. The van der Waals surface area contributed by atoms with Gasteiger partial charge in [0.05, 0.1) is 13.3 Å². The molecule has 0 unspecified atom stereocenters. The Labute approximate surface area is 112 Å². The average Bonchev–Trinajstić information content (AvgIpc) is 2.69. The summed E-state index contributed by atoms with van der Waals surface area (Å²) in [6, 6.07) is 5.93. The SMILES string of the molecule is N#Cc1sc(-c2cc(Br)sc2Br)cc1N. The smallest absolute Gasteiger partial charge is 0.128 e. The van der Waals surface area contributed by atoms with Crippen molar-refractivity contribution in [1.82, 2.24) is 0 Å². The predicted molar refractivity (Wildman–Crippen MR) is 72.2 cm³/mol. The van der Waals surface area contributed by atoms with Crippen LogP contribution in [0.3, 0.4) is 0 Å². The van der Waals surface area contributed by atoms with E-state index in [4.69, 9.17) is 11.0 Å². The van der Waals surface area contributed by atoms with Crippen LogP contribution in [0.15, 0.2) is 19.7 Å². The molecular formula is C9H4Br2N2S2. The van der Waals surface area contributed by atoms with Gasteiger partial charge in [0.2, 0.25) is 0 Å². The van der Waals surface area contributed by atoms with E-state index in [0.717, 1.165) is 18.0 Å². The largest absolute Gasteiger partial charge is 0.397 e. The molecule has 2 rings (SSSR count). The number of halogens is 2. The number of nitrogens with zero attached hydrogens (tertiary/aromatic N) is 1. The van der Waals surface area contributed by atoms with Crippen LogP contribution in [0.4, 0.5) is 5.69 Å². The molecule has 0 radical (unpaired) electrons. The lowest BCUT2D eigenvalue weighted by molar-refractivity contribution is 1.52. The molecule has 0 spiro atoms. The van der Waals surface area contributed by atoms with Crippen molar-refractivity contribution in [2.75, 3.05) is 5.73 Å². The molecule has 0 aliphatic rings. The second kappa shape index (κ2) is 4.26. The standard InChI is InChI=1S/C9H4Br2N2S2/c10-8-1-4(9(11)15-8)6-2-5(13)7(3-12)14-6/h1-2H,13H2. The summed E-state index contributed by atoms with van der Waals surface area (Å²) >= 11 is 9.91. The first kappa shape index (κ1) is 11.1. The summed E-state index contributed by atoms with van der Waals surface area (Å²) in [7, 11) is 0. The number of anilines is 1. The van der Waals surface area contributed by atoms with E-state index < -0.39 is 0 Å². The van der Waals surface area contributed by atoms with Gasteiger partial charge in [-0.2, -0.15) is 5.26 Å². The van der Waals surface area contributed by atoms with Gasteiger partial charge in [0, 0.05) is 10.4 Å². The van der Waals surface area contributed by atoms with Crippen molar-refractivity contribution < 1.29 is 0 Å². The Balaban J connectivity index is 2.55. The molecule has 2 heterocycles. The summed E-state index contributed by atoms with van der Waals surface area (Å²) in [5, 5.41) is 8.82. The third kappa shape index (κ3) is 2.11. The number of nitrogens with two attached hydrogens (primary N) is 1. The summed E-state index contributed by atoms with van der Waals surface area (Å²) in [5.74, 6) is 0. The highest BCUT2D eigenvalue weighted by Crippen LogP contribution is 2.42. The van der Waals surface area contributed by atoms with Crippen LogP contribution in [0.2, 0.25) is 0 Å². The molecule has 76 valence electrons. The number of rotatable bonds is 1. The van der Waals surface area contributed by atoms with Gasteiger partial charge in [-0.05, 0) is 44.0 Å².